The number of anilines is 1. The Morgan fingerprint density at radius 2 is 2.02 bits per heavy atom. The van der Waals surface area contributed by atoms with Crippen molar-refractivity contribution in [2.24, 2.45) is 0 Å². The molecule has 3 aliphatic rings. The number of hydrogen-bond acceptors (Lipinski definition) is 8. The second kappa shape index (κ2) is 11.6. The normalized spacial score (nSPS) is 23.4. The fraction of sp³-hybridized carbons (Fsp3) is 0.394. The molecule has 4 aromatic rings. The number of benzene rings is 2. The van der Waals surface area contributed by atoms with Gasteiger partial charge in [-0.2, -0.15) is 15.2 Å². The van der Waals surface area contributed by atoms with Crippen LogP contribution in [0.5, 0.6) is 6.01 Å². The van der Waals surface area contributed by atoms with Crippen LogP contribution < -0.4 is 9.64 Å². The zero-order valence-electron chi connectivity index (χ0n) is 24.5. The van der Waals surface area contributed by atoms with Crippen LogP contribution in [0.25, 0.3) is 32.1 Å². The Balaban J connectivity index is 1.32. The lowest BCUT2D eigenvalue weighted by atomic mass is 9.95. The molecule has 7 rings (SSSR count). The van der Waals surface area contributed by atoms with Crippen molar-refractivity contribution < 1.29 is 22.7 Å². The van der Waals surface area contributed by atoms with E-state index >= 15 is 4.39 Å². The summed E-state index contributed by atoms with van der Waals surface area (Å²) in [6.07, 6.45) is 2.51. The highest BCUT2D eigenvalue weighted by molar-refractivity contribution is 7.17. The van der Waals surface area contributed by atoms with Crippen LogP contribution in [0.3, 0.4) is 0 Å². The first-order valence-corrected chi connectivity index (χ1v) is 15.9. The van der Waals surface area contributed by atoms with Crippen LogP contribution in [0.15, 0.2) is 48.4 Å². The summed E-state index contributed by atoms with van der Waals surface area (Å²) in [7, 11) is 0. The van der Waals surface area contributed by atoms with Crippen molar-refractivity contribution in [2.45, 2.75) is 43.4 Å². The van der Waals surface area contributed by atoms with E-state index in [4.69, 9.17) is 9.72 Å². The summed E-state index contributed by atoms with van der Waals surface area (Å²) in [5.74, 6) is -0.793. The van der Waals surface area contributed by atoms with E-state index in [0.29, 0.717) is 52.9 Å². The van der Waals surface area contributed by atoms with Gasteiger partial charge in [0, 0.05) is 64.6 Å². The van der Waals surface area contributed by atoms with Gasteiger partial charge in [0.25, 0.3) is 0 Å². The highest BCUT2D eigenvalue weighted by atomic mass is 32.1. The number of hydrogen-bond donors (Lipinski definition) is 0. The second-order valence-electron chi connectivity index (χ2n) is 12.0. The van der Waals surface area contributed by atoms with Crippen molar-refractivity contribution >= 4 is 44.1 Å². The van der Waals surface area contributed by atoms with Crippen LogP contribution in [0.1, 0.15) is 25.7 Å². The lowest BCUT2D eigenvalue weighted by molar-refractivity contribution is -0.128. The third-order valence-corrected chi connectivity index (χ3v) is 10.4. The third-order valence-electron chi connectivity index (χ3n) is 9.41. The highest BCUT2D eigenvalue weighted by Gasteiger charge is 2.49. The van der Waals surface area contributed by atoms with Crippen molar-refractivity contribution in [3.05, 3.63) is 60.0 Å². The average molecular weight is 633 g/mol. The van der Waals surface area contributed by atoms with Crippen molar-refractivity contribution in [3.63, 3.8) is 0 Å². The maximum Gasteiger partial charge on any atom is 0.319 e. The summed E-state index contributed by atoms with van der Waals surface area (Å²) in [5.41, 5.74) is 0.408. The molecule has 1 amide bonds. The number of ether oxygens (including phenoxy) is 1. The number of rotatable bonds is 7. The van der Waals surface area contributed by atoms with E-state index in [1.54, 1.807) is 35.2 Å². The van der Waals surface area contributed by atoms with Gasteiger partial charge in [0.05, 0.1) is 24.1 Å². The van der Waals surface area contributed by atoms with Crippen LogP contribution >= 0.6 is 11.3 Å². The highest BCUT2D eigenvalue weighted by Crippen LogP contribution is 2.42. The first kappa shape index (κ1) is 29.5. The molecule has 2 aromatic carbocycles. The number of halogens is 3. The number of nitrogens with zero attached hydrogens (tertiary/aromatic N) is 6. The van der Waals surface area contributed by atoms with Crippen molar-refractivity contribution in [1.82, 2.24) is 19.8 Å². The molecule has 0 radical (unpaired) electrons. The number of nitriles is 1. The Bertz CT molecular complexity index is 1860. The summed E-state index contributed by atoms with van der Waals surface area (Å²) in [5, 5.41) is 11.8. The molecule has 5 heterocycles. The monoisotopic (exact) mass is 632 g/mol. The summed E-state index contributed by atoms with van der Waals surface area (Å²) >= 11 is 1.21. The van der Waals surface area contributed by atoms with Gasteiger partial charge in [-0.25, -0.2) is 13.2 Å². The Kier molecular flexibility index (Phi) is 7.61. The molecule has 232 valence electrons. The molecule has 0 unspecified atom stereocenters. The predicted molar refractivity (Wildman–Crippen MR) is 167 cm³/mol. The lowest BCUT2D eigenvalue weighted by Crippen LogP contribution is -2.55. The summed E-state index contributed by atoms with van der Waals surface area (Å²) in [6, 6.07) is 10.2. The molecular weight excluding hydrogens is 601 g/mol. The van der Waals surface area contributed by atoms with E-state index < -0.39 is 23.6 Å². The number of carbonyl (C=O) groups excluding carboxylic acids is 1. The van der Waals surface area contributed by atoms with Crippen LogP contribution in [-0.4, -0.2) is 82.8 Å². The smallest absolute Gasteiger partial charge is 0.319 e. The zero-order chi connectivity index (χ0) is 31.3. The number of fused-ring (bicyclic) bond motifs is 3. The number of carbonyl (C=O) groups is 1. The Morgan fingerprint density at radius 3 is 2.84 bits per heavy atom. The fourth-order valence-corrected chi connectivity index (χ4v) is 8.21. The van der Waals surface area contributed by atoms with Gasteiger partial charge in [-0.1, -0.05) is 30.8 Å². The quantitative estimate of drug-likeness (QED) is 0.236. The fourth-order valence-electron chi connectivity index (χ4n) is 7.26. The van der Waals surface area contributed by atoms with Gasteiger partial charge < -0.3 is 14.5 Å². The largest absolute Gasteiger partial charge is 0.461 e. The van der Waals surface area contributed by atoms with Gasteiger partial charge in [0.1, 0.15) is 29.9 Å². The molecule has 3 aliphatic heterocycles. The topological polar surface area (TPSA) is 85.6 Å². The van der Waals surface area contributed by atoms with Crippen molar-refractivity contribution in [2.75, 3.05) is 44.2 Å². The van der Waals surface area contributed by atoms with Gasteiger partial charge in [-0.15, -0.1) is 11.3 Å². The standard InChI is InChI=1S/C33H31F3N6O2S/c1-2-27(43)42-14-13-40(17-21(42)9-11-37)31-25-8-7-22(23-5-3-6-24-26(35)18-45-30(23)24)28(36)29(25)38-32(39-31)44-19-33-10-4-12-41(33)16-20(34)15-33/h2-3,5-8,18,20-21H,1,4,9-10,12-17,19H2/t20-,21+,33+/m1/s1. The molecule has 2 aromatic heterocycles. The Labute approximate surface area is 262 Å². The lowest BCUT2D eigenvalue weighted by Gasteiger charge is -2.41. The molecule has 3 saturated heterocycles. The van der Waals surface area contributed by atoms with E-state index in [0.717, 1.165) is 19.4 Å². The first-order valence-electron chi connectivity index (χ1n) is 15.0. The van der Waals surface area contributed by atoms with E-state index in [9.17, 15) is 18.8 Å². The molecule has 0 N–H and O–H groups in total. The van der Waals surface area contributed by atoms with Gasteiger partial charge in [-0.3, -0.25) is 9.69 Å². The van der Waals surface area contributed by atoms with Crippen molar-refractivity contribution in [3.8, 4) is 23.2 Å². The molecule has 45 heavy (non-hydrogen) atoms. The van der Waals surface area contributed by atoms with Gasteiger partial charge in [0.2, 0.25) is 5.91 Å². The van der Waals surface area contributed by atoms with Gasteiger partial charge >= 0.3 is 6.01 Å². The zero-order valence-corrected chi connectivity index (χ0v) is 25.3. The number of thiophene rings is 1. The van der Waals surface area contributed by atoms with E-state index in [2.05, 4.69) is 22.5 Å². The van der Waals surface area contributed by atoms with E-state index in [-0.39, 0.29) is 48.4 Å². The van der Waals surface area contributed by atoms with Crippen LogP contribution in [0.4, 0.5) is 19.0 Å². The minimum atomic E-state index is -0.932. The van der Waals surface area contributed by atoms with Gasteiger partial charge in [-0.05, 0) is 31.5 Å². The average Bonchev–Trinajstić information content (AvgIpc) is 3.71. The number of piperazine rings is 1. The molecule has 3 atom stereocenters. The summed E-state index contributed by atoms with van der Waals surface area (Å²) in [6.45, 7) is 5.92. The maximum atomic E-state index is 16.6. The molecular formula is C33H31F3N6O2S. The van der Waals surface area contributed by atoms with Crippen molar-refractivity contribution in [1.29, 1.82) is 5.26 Å². The first-order chi connectivity index (χ1) is 21.8. The van der Waals surface area contributed by atoms with Crippen LogP contribution in [0.2, 0.25) is 0 Å². The number of alkyl halides is 1. The minimum absolute atomic E-state index is 0.0288. The number of aromatic nitrogens is 2. The summed E-state index contributed by atoms with van der Waals surface area (Å²) < 4.78 is 52.3. The third kappa shape index (κ3) is 5.08. The Hall–Kier alpha value is -4.21. The molecule has 8 nitrogen and oxygen atoms in total. The molecule has 0 spiro atoms. The number of amides is 1. The van der Waals surface area contributed by atoms with Crippen LogP contribution in [-0.2, 0) is 4.79 Å². The van der Waals surface area contributed by atoms with Crippen LogP contribution in [0, 0.1) is 23.0 Å². The summed E-state index contributed by atoms with van der Waals surface area (Å²) in [4.78, 5) is 27.5. The van der Waals surface area contributed by atoms with Gasteiger partial charge in [0.15, 0.2) is 5.82 Å². The minimum Gasteiger partial charge on any atom is -0.461 e. The molecule has 0 saturated carbocycles. The maximum absolute atomic E-state index is 16.6. The molecule has 0 aliphatic carbocycles. The molecule has 3 fully saturated rings. The predicted octanol–water partition coefficient (Wildman–Crippen LogP) is 5.86. The Morgan fingerprint density at radius 1 is 1.16 bits per heavy atom. The molecule has 0 bridgehead atoms. The second-order valence-corrected chi connectivity index (χ2v) is 12.9. The van der Waals surface area contributed by atoms with E-state index in [1.807, 2.05) is 4.90 Å². The SMILES string of the molecule is C=CC(=O)N1CCN(c2nc(OC[C@@]34CCCN3C[C@H](F)C4)nc3c(F)c(-c4cccc5c(F)csc45)ccc23)C[C@@H]1CC#N. The van der Waals surface area contributed by atoms with E-state index in [1.165, 1.54) is 22.8 Å². The molecule has 12 heteroatoms.